The molecule has 2 aromatic carbocycles. The van der Waals surface area contributed by atoms with E-state index in [1.807, 2.05) is 32.0 Å². The van der Waals surface area contributed by atoms with Gasteiger partial charge in [0.25, 0.3) is 0 Å². The molecule has 2 nitrogen and oxygen atoms in total. The minimum atomic E-state index is -0.844. The van der Waals surface area contributed by atoms with Gasteiger partial charge in [0, 0.05) is 18.2 Å². The Kier molecular flexibility index (Phi) is 4.88. The molecule has 2 N–H and O–H groups in total. The van der Waals surface area contributed by atoms with Gasteiger partial charge in [-0.25, -0.2) is 4.39 Å². The second-order valence-corrected chi connectivity index (χ2v) is 5.08. The quantitative estimate of drug-likeness (QED) is 0.873. The summed E-state index contributed by atoms with van der Waals surface area (Å²) in [7, 11) is 0. The zero-order chi connectivity index (χ0) is 14.5. The average molecular weight is 273 g/mol. The molecule has 2 rings (SSSR count). The van der Waals surface area contributed by atoms with E-state index in [9.17, 15) is 9.50 Å². The number of aryl methyl sites for hydroxylation is 1. The minimum Gasteiger partial charge on any atom is -0.387 e. The molecule has 3 heteroatoms. The molecule has 0 radical (unpaired) electrons. The molecular weight excluding hydrogens is 253 g/mol. The fourth-order valence-corrected chi connectivity index (χ4v) is 2.20. The Balaban J connectivity index is 1.97. The van der Waals surface area contributed by atoms with Crippen molar-refractivity contribution in [2.75, 3.05) is 6.54 Å². The van der Waals surface area contributed by atoms with Crippen molar-refractivity contribution >= 4 is 0 Å². The highest BCUT2D eigenvalue weighted by Crippen LogP contribution is 2.18. The van der Waals surface area contributed by atoms with Crippen molar-refractivity contribution in [2.45, 2.75) is 26.0 Å². The number of hydrogen-bond donors (Lipinski definition) is 2. The Bertz CT molecular complexity index is 570. The maximum atomic E-state index is 13.6. The van der Waals surface area contributed by atoms with Crippen LogP contribution in [0.4, 0.5) is 4.39 Å². The monoisotopic (exact) mass is 273 g/mol. The molecule has 0 heterocycles. The third-order valence-corrected chi connectivity index (χ3v) is 3.42. The smallest absolute Gasteiger partial charge is 0.129 e. The van der Waals surface area contributed by atoms with Gasteiger partial charge >= 0.3 is 0 Å². The Morgan fingerprint density at radius 3 is 2.60 bits per heavy atom. The maximum absolute atomic E-state index is 13.6. The van der Waals surface area contributed by atoms with Gasteiger partial charge in [0.15, 0.2) is 0 Å². The molecule has 20 heavy (non-hydrogen) atoms. The molecule has 0 aromatic heterocycles. The number of benzene rings is 2. The van der Waals surface area contributed by atoms with E-state index in [4.69, 9.17) is 0 Å². The number of halogens is 1. The van der Waals surface area contributed by atoms with Crippen molar-refractivity contribution < 1.29 is 9.50 Å². The largest absolute Gasteiger partial charge is 0.387 e. The highest BCUT2D eigenvalue weighted by molar-refractivity contribution is 5.25. The highest BCUT2D eigenvalue weighted by atomic mass is 19.1. The molecule has 2 atom stereocenters. The van der Waals surface area contributed by atoms with Crippen LogP contribution in [0.1, 0.15) is 35.8 Å². The second kappa shape index (κ2) is 6.64. The van der Waals surface area contributed by atoms with Crippen LogP contribution < -0.4 is 5.32 Å². The summed E-state index contributed by atoms with van der Waals surface area (Å²) in [5.74, 6) is -0.370. The van der Waals surface area contributed by atoms with E-state index in [2.05, 4.69) is 11.4 Å². The Morgan fingerprint density at radius 2 is 1.90 bits per heavy atom. The lowest BCUT2D eigenvalue weighted by Crippen LogP contribution is -2.25. The Labute approximate surface area is 119 Å². The molecule has 0 amide bonds. The van der Waals surface area contributed by atoms with Crippen LogP contribution in [0.15, 0.2) is 48.5 Å². The van der Waals surface area contributed by atoms with Crippen LogP contribution >= 0.6 is 0 Å². The van der Waals surface area contributed by atoms with Crippen molar-refractivity contribution in [1.29, 1.82) is 0 Å². The van der Waals surface area contributed by atoms with Crippen LogP contribution in [0, 0.1) is 12.7 Å². The summed E-state index contributed by atoms with van der Waals surface area (Å²) in [5, 5.41) is 13.3. The van der Waals surface area contributed by atoms with E-state index >= 15 is 0 Å². The van der Waals surface area contributed by atoms with Crippen LogP contribution in [0.5, 0.6) is 0 Å². The molecule has 0 saturated heterocycles. The third kappa shape index (κ3) is 3.65. The lowest BCUT2D eigenvalue weighted by atomic mass is 10.0. The van der Waals surface area contributed by atoms with Gasteiger partial charge in [-0.1, -0.05) is 48.0 Å². The van der Waals surface area contributed by atoms with Gasteiger partial charge in [-0.05, 0) is 25.5 Å². The summed E-state index contributed by atoms with van der Waals surface area (Å²) in [6, 6.07) is 14.6. The van der Waals surface area contributed by atoms with Gasteiger partial charge in [-0.15, -0.1) is 0 Å². The lowest BCUT2D eigenvalue weighted by Gasteiger charge is -2.18. The first kappa shape index (κ1) is 14.7. The van der Waals surface area contributed by atoms with Crippen molar-refractivity contribution in [3.8, 4) is 0 Å². The number of nitrogens with one attached hydrogen (secondary N) is 1. The summed E-state index contributed by atoms with van der Waals surface area (Å²) < 4.78 is 13.6. The predicted molar refractivity (Wildman–Crippen MR) is 79.0 cm³/mol. The maximum Gasteiger partial charge on any atom is 0.129 e. The molecular formula is C17H20FNO. The summed E-state index contributed by atoms with van der Waals surface area (Å²) in [4.78, 5) is 0. The van der Waals surface area contributed by atoms with Crippen LogP contribution in [0.25, 0.3) is 0 Å². The first-order chi connectivity index (χ1) is 9.58. The average Bonchev–Trinajstić information content (AvgIpc) is 2.45. The number of rotatable bonds is 5. The van der Waals surface area contributed by atoms with Crippen molar-refractivity contribution in [3.05, 3.63) is 71.0 Å². The summed E-state index contributed by atoms with van der Waals surface area (Å²) in [6.45, 7) is 4.39. The van der Waals surface area contributed by atoms with Gasteiger partial charge in [-0.3, -0.25) is 0 Å². The van der Waals surface area contributed by atoms with E-state index in [-0.39, 0.29) is 11.9 Å². The number of hydrogen-bond acceptors (Lipinski definition) is 2. The third-order valence-electron chi connectivity index (χ3n) is 3.42. The molecule has 106 valence electrons. The number of aliphatic hydroxyl groups excluding tert-OH is 1. The summed E-state index contributed by atoms with van der Waals surface area (Å²) >= 11 is 0. The van der Waals surface area contributed by atoms with Gasteiger partial charge in [0.2, 0.25) is 0 Å². The first-order valence-corrected chi connectivity index (χ1v) is 6.80. The van der Waals surface area contributed by atoms with E-state index in [1.54, 1.807) is 18.2 Å². The molecule has 0 aliphatic carbocycles. The van der Waals surface area contributed by atoms with Gasteiger partial charge < -0.3 is 10.4 Å². The molecule has 0 aliphatic heterocycles. The van der Waals surface area contributed by atoms with Gasteiger partial charge in [0.1, 0.15) is 5.82 Å². The van der Waals surface area contributed by atoms with Crippen molar-refractivity contribution in [3.63, 3.8) is 0 Å². The molecule has 0 fully saturated rings. The van der Waals surface area contributed by atoms with Crippen LogP contribution in [0.2, 0.25) is 0 Å². The standard InChI is InChI=1S/C17H20FNO/c1-12-6-5-7-14(10-12)13(2)19-11-17(20)15-8-3-4-9-16(15)18/h3-10,13,17,19-20H,11H2,1-2H3/t13-,17?/m0/s1. The van der Waals surface area contributed by atoms with Crippen LogP contribution in [0.3, 0.4) is 0 Å². The topological polar surface area (TPSA) is 32.3 Å². The summed E-state index contributed by atoms with van der Waals surface area (Å²) in [5.41, 5.74) is 2.69. The van der Waals surface area contributed by atoms with Crippen LogP contribution in [-0.4, -0.2) is 11.7 Å². The minimum absolute atomic E-state index is 0.108. The second-order valence-electron chi connectivity index (χ2n) is 5.08. The Morgan fingerprint density at radius 1 is 1.15 bits per heavy atom. The molecule has 1 unspecified atom stereocenters. The van der Waals surface area contributed by atoms with Crippen molar-refractivity contribution in [1.82, 2.24) is 5.32 Å². The SMILES string of the molecule is Cc1cccc([C@H](C)NCC(O)c2ccccc2F)c1. The lowest BCUT2D eigenvalue weighted by molar-refractivity contribution is 0.166. The first-order valence-electron chi connectivity index (χ1n) is 6.80. The van der Waals surface area contributed by atoms with Crippen molar-refractivity contribution in [2.24, 2.45) is 0 Å². The molecule has 0 bridgehead atoms. The molecule has 0 saturated carbocycles. The predicted octanol–water partition coefficient (Wildman–Crippen LogP) is 3.52. The van der Waals surface area contributed by atoms with Gasteiger partial charge in [0.05, 0.1) is 6.10 Å². The zero-order valence-corrected chi connectivity index (χ0v) is 11.8. The number of aliphatic hydroxyl groups is 1. The van der Waals surface area contributed by atoms with Gasteiger partial charge in [-0.2, -0.15) is 0 Å². The molecule has 2 aromatic rings. The van der Waals surface area contributed by atoms with Crippen LogP contribution in [-0.2, 0) is 0 Å². The fraction of sp³-hybridized carbons (Fsp3) is 0.294. The fourth-order valence-electron chi connectivity index (χ4n) is 2.20. The van der Waals surface area contributed by atoms with E-state index in [1.165, 1.54) is 11.6 Å². The highest BCUT2D eigenvalue weighted by Gasteiger charge is 2.13. The normalized spacial score (nSPS) is 14.0. The molecule has 0 spiro atoms. The van der Waals surface area contributed by atoms with E-state index in [0.29, 0.717) is 12.1 Å². The Hall–Kier alpha value is -1.71. The van der Waals surface area contributed by atoms with E-state index in [0.717, 1.165) is 5.56 Å². The summed E-state index contributed by atoms with van der Waals surface area (Å²) in [6.07, 6.45) is -0.844. The van der Waals surface area contributed by atoms with E-state index < -0.39 is 6.10 Å². The molecule has 0 aliphatic rings. The zero-order valence-electron chi connectivity index (χ0n) is 11.8.